The summed E-state index contributed by atoms with van der Waals surface area (Å²) < 4.78 is 25.6. The van der Waals surface area contributed by atoms with Crippen LogP contribution in [0.15, 0.2) is 0 Å². The highest BCUT2D eigenvalue weighted by Crippen LogP contribution is 2.35. The fourth-order valence-electron chi connectivity index (χ4n) is 1.76. The first-order valence-corrected chi connectivity index (χ1v) is 5.48. The van der Waals surface area contributed by atoms with Gasteiger partial charge in [-0.1, -0.05) is 12.2 Å². The monoisotopic (exact) mass is 221 g/mol. The van der Waals surface area contributed by atoms with Crippen LogP contribution in [0.4, 0.5) is 8.78 Å². The predicted octanol–water partition coefficient (Wildman–Crippen LogP) is 2.79. The summed E-state index contributed by atoms with van der Waals surface area (Å²) in [6, 6.07) is 0. The lowest BCUT2D eigenvalue weighted by atomic mass is 9.87. The Bertz CT molecular complexity index is 196. The topological polar surface area (TPSA) is 12.0 Å². The number of hydrogen-bond acceptors (Lipinski definition) is 2. The molecule has 1 rings (SSSR count). The van der Waals surface area contributed by atoms with E-state index in [1.54, 1.807) is 0 Å². The molecule has 1 saturated carbocycles. The Hall–Kier alpha value is -0.0900. The van der Waals surface area contributed by atoms with Gasteiger partial charge in [0.05, 0.1) is 0 Å². The van der Waals surface area contributed by atoms with Crippen LogP contribution in [-0.4, -0.2) is 23.9 Å². The van der Waals surface area contributed by atoms with E-state index in [1.165, 1.54) is 0 Å². The molecule has 0 bridgehead atoms. The average molecular weight is 221 g/mol. The molecular formula is C10H17F2NS. The van der Waals surface area contributed by atoms with E-state index in [2.05, 4.69) is 5.32 Å². The summed E-state index contributed by atoms with van der Waals surface area (Å²) in [6.45, 7) is 3.43. The minimum Gasteiger partial charge on any atom is -0.312 e. The Kier molecular flexibility index (Phi) is 4.38. The molecule has 1 nitrogen and oxygen atoms in total. The zero-order chi connectivity index (χ0) is 10.6. The lowest BCUT2D eigenvalue weighted by Gasteiger charge is -2.28. The molecule has 0 saturated heterocycles. The molecule has 0 amide bonds. The van der Waals surface area contributed by atoms with Gasteiger partial charge in [-0.05, 0) is 32.2 Å². The molecule has 0 spiro atoms. The van der Waals surface area contributed by atoms with Gasteiger partial charge in [0.15, 0.2) is 0 Å². The maximum atomic E-state index is 12.8. The van der Waals surface area contributed by atoms with Crippen molar-refractivity contribution in [1.29, 1.82) is 0 Å². The molecule has 0 heterocycles. The number of thiocarbonyl (C=S) groups is 1. The maximum absolute atomic E-state index is 12.8. The molecular weight excluding hydrogens is 204 g/mol. The van der Waals surface area contributed by atoms with Gasteiger partial charge in [0, 0.05) is 24.3 Å². The molecule has 4 heteroatoms. The third kappa shape index (κ3) is 4.42. The lowest BCUT2D eigenvalue weighted by molar-refractivity contribution is -0.0453. The van der Waals surface area contributed by atoms with Crippen LogP contribution in [-0.2, 0) is 0 Å². The summed E-state index contributed by atoms with van der Waals surface area (Å²) in [7, 11) is 0. The maximum Gasteiger partial charge on any atom is 0.248 e. The molecule has 0 aromatic heterocycles. The van der Waals surface area contributed by atoms with Crippen molar-refractivity contribution in [2.24, 2.45) is 5.92 Å². The Morgan fingerprint density at radius 3 is 2.50 bits per heavy atom. The van der Waals surface area contributed by atoms with Crippen LogP contribution in [0.2, 0.25) is 0 Å². The number of rotatable bonds is 4. The largest absolute Gasteiger partial charge is 0.312 e. The predicted molar refractivity (Wildman–Crippen MR) is 58.0 cm³/mol. The van der Waals surface area contributed by atoms with E-state index in [0.29, 0.717) is 18.8 Å². The van der Waals surface area contributed by atoms with E-state index in [-0.39, 0.29) is 12.8 Å². The fraction of sp³-hybridized carbons (Fsp3) is 0.900. The van der Waals surface area contributed by atoms with E-state index in [4.69, 9.17) is 12.2 Å². The minimum atomic E-state index is -2.41. The highest BCUT2D eigenvalue weighted by molar-refractivity contribution is 7.80. The van der Waals surface area contributed by atoms with Gasteiger partial charge >= 0.3 is 0 Å². The first-order chi connectivity index (χ1) is 6.49. The van der Waals surface area contributed by atoms with Gasteiger partial charge in [-0.2, -0.15) is 0 Å². The van der Waals surface area contributed by atoms with Crippen LogP contribution in [0.1, 0.15) is 32.6 Å². The summed E-state index contributed by atoms with van der Waals surface area (Å²) in [4.78, 5) is 0.922. The summed E-state index contributed by atoms with van der Waals surface area (Å²) in [5.74, 6) is -2.00. The quantitative estimate of drug-likeness (QED) is 0.733. The van der Waals surface area contributed by atoms with Gasteiger partial charge in [0.2, 0.25) is 5.92 Å². The molecule has 0 aromatic carbocycles. The first kappa shape index (κ1) is 12.0. The summed E-state index contributed by atoms with van der Waals surface area (Å²) in [6.07, 6.45) is 1.37. The second-order valence-electron chi connectivity index (χ2n) is 4.13. The van der Waals surface area contributed by atoms with Crippen LogP contribution in [0.25, 0.3) is 0 Å². The number of alkyl halides is 2. The van der Waals surface area contributed by atoms with Crippen molar-refractivity contribution >= 4 is 17.1 Å². The number of nitrogens with one attached hydrogen (secondary N) is 1. The SMILES string of the molecule is CC(=S)CNCC1CCC(F)(F)CC1. The van der Waals surface area contributed by atoms with Crippen molar-refractivity contribution in [3.63, 3.8) is 0 Å². The Morgan fingerprint density at radius 1 is 1.43 bits per heavy atom. The van der Waals surface area contributed by atoms with Crippen LogP contribution < -0.4 is 5.32 Å². The van der Waals surface area contributed by atoms with Crippen molar-refractivity contribution in [3.05, 3.63) is 0 Å². The number of halogens is 2. The Balaban J connectivity index is 2.13. The Labute approximate surface area is 89.3 Å². The van der Waals surface area contributed by atoms with E-state index in [1.807, 2.05) is 6.92 Å². The van der Waals surface area contributed by atoms with Gasteiger partial charge in [-0.15, -0.1) is 0 Å². The van der Waals surface area contributed by atoms with E-state index < -0.39 is 5.92 Å². The molecule has 0 unspecified atom stereocenters. The van der Waals surface area contributed by atoms with Gasteiger partial charge < -0.3 is 5.32 Å². The van der Waals surface area contributed by atoms with Crippen molar-refractivity contribution in [2.75, 3.05) is 13.1 Å². The van der Waals surface area contributed by atoms with E-state index in [9.17, 15) is 8.78 Å². The van der Waals surface area contributed by atoms with Gasteiger partial charge in [0.1, 0.15) is 0 Å². The standard InChI is InChI=1S/C10H17F2NS/c1-8(14)6-13-7-9-2-4-10(11,12)5-3-9/h9,13H,2-7H2,1H3. The molecule has 0 aliphatic heterocycles. The molecule has 0 atom stereocenters. The van der Waals surface area contributed by atoms with Crippen LogP contribution in [0.3, 0.4) is 0 Å². The van der Waals surface area contributed by atoms with Crippen LogP contribution >= 0.6 is 12.2 Å². The molecule has 1 fully saturated rings. The molecule has 14 heavy (non-hydrogen) atoms. The molecule has 1 aliphatic rings. The van der Waals surface area contributed by atoms with Crippen molar-refractivity contribution in [1.82, 2.24) is 5.32 Å². The third-order valence-electron chi connectivity index (χ3n) is 2.64. The summed E-state index contributed by atoms with van der Waals surface area (Å²) >= 11 is 4.92. The fourth-order valence-corrected chi connectivity index (χ4v) is 1.86. The smallest absolute Gasteiger partial charge is 0.248 e. The average Bonchev–Trinajstić information content (AvgIpc) is 2.07. The van der Waals surface area contributed by atoms with Gasteiger partial charge in [-0.25, -0.2) is 8.78 Å². The molecule has 0 radical (unpaired) electrons. The lowest BCUT2D eigenvalue weighted by Crippen LogP contribution is -2.32. The first-order valence-electron chi connectivity index (χ1n) is 5.07. The molecule has 0 aromatic rings. The molecule has 1 N–H and O–H groups in total. The van der Waals surface area contributed by atoms with Crippen molar-refractivity contribution < 1.29 is 8.78 Å². The molecule has 1 aliphatic carbocycles. The zero-order valence-electron chi connectivity index (χ0n) is 8.48. The van der Waals surface area contributed by atoms with Crippen LogP contribution in [0.5, 0.6) is 0 Å². The summed E-state index contributed by atoms with van der Waals surface area (Å²) in [5, 5.41) is 3.20. The Morgan fingerprint density at radius 2 is 2.00 bits per heavy atom. The normalized spacial score (nSPS) is 22.2. The minimum absolute atomic E-state index is 0.0515. The van der Waals surface area contributed by atoms with Crippen molar-refractivity contribution in [2.45, 2.75) is 38.5 Å². The second-order valence-corrected chi connectivity index (χ2v) is 4.83. The van der Waals surface area contributed by atoms with Crippen LogP contribution in [0, 0.1) is 5.92 Å². The third-order valence-corrected chi connectivity index (χ3v) is 2.79. The van der Waals surface area contributed by atoms with Gasteiger partial charge in [-0.3, -0.25) is 0 Å². The zero-order valence-corrected chi connectivity index (χ0v) is 9.30. The second kappa shape index (κ2) is 5.12. The highest BCUT2D eigenvalue weighted by atomic mass is 32.1. The van der Waals surface area contributed by atoms with Gasteiger partial charge in [0.25, 0.3) is 0 Å². The highest BCUT2D eigenvalue weighted by Gasteiger charge is 2.34. The summed E-state index contributed by atoms with van der Waals surface area (Å²) in [5.41, 5.74) is 0. The van der Waals surface area contributed by atoms with E-state index >= 15 is 0 Å². The number of hydrogen-bond donors (Lipinski definition) is 1. The van der Waals surface area contributed by atoms with Crippen molar-refractivity contribution in [3.8, 4) is 0 Å². The van der Waals surface area contributed by atoms with E-state index in [0.717, 1.165) is 18.0 Å². The molecule has 82 valence electrons.